The van der Waals surface area contributed by atoms with E-state index in [-0.39, 0.29) is 6.47 Å². The van der Waals surface area contributed by atoms with E-state index < -0.39 is 0 Å². The fourth-order valence-electron chi connectivity index (χ4n) is 2.77. The molecule has 2 aromatic carbocycles. The predicted molar refractivity (Wildman–Crippen MR) is 123 cm³/mol. The van der Waals surface area contributed by atoms with Crippen LogP contribution in [0.2, 0.25) is 0 Å². The van der Waals surface area contributed by atoms with Gasteiger partial charge in [0.25, 0.3) is 6.47 Å². The summed E-state index contributed by atoms with van der Waals surface area (Å²) in [6.07, 6.45) is 6.53. The molecule has 5 heteroatoms. The predicted octanol–water partition coefficient (Wildman–Crippen LogP) is 6.60. The maximum absolute atomic E-state index is 9.62. The highest BCUT2D eigenvalue weighted by Gasteiger charge is 2.10. The van der Waals surface area contributed by atoms with E-state index >= 15 is 0 Å². The molecule has 154 valence electrons. The van der Waals surface area contributed by atoms with Crippen LogP contribution in [0.5, 0.6) is 5.75 Å². The average molecular weight is 421 g/mol. The van der Waals surface area contributed by atoms with Crippen LogP contribution in [0.4, 0.5) is 0 Å². The van der Waals surface area contributed by atoms with Crippen molar-refractivity contribution in [1.82, 2.24) is 0 Å². The maximum Gasteiger partial charge on any atom is 0.290 e. The van der Waals surface area contributed by atoms with E-state index in [1.165, 1.54) is 49.0 Å². The van der Waals surface area contributed by atoms with Gasteiger partial charge < -0.3 is 10.2 Å². The van der Waals surface area contributed by atoms with Crippen molar-refractivity contribution in [3.8, 4) is 5.75 Å². The van der Waals surface area contributed by atoms with Gasteiger partial charge in [0.15, 0.2) is 0 Å². The van der Waals surface area contributed by atoms with Gasteiger partial charge in [0.05, 0.1) is 0 Å². The number of hydrogen-bond acceptors (Lipinski definition) is 4. The minimum Gasteiger partial charge on any atom is -0.508 e. The number of hydrogen-bond donors (Lipinski definition) is 2. The first-order valence-corrected chi connectivity index (χ1v) is 12.0. The molecule has 2 rings (SSSR count). The van der Waals surface area contributed by atoms with Crippen LogP contribution in [-0.2, 0) is 16.3 Å². The van der Waals surface area contributed by atoms with Crippen molar-refractivity contribution in [3.05, 3.63) is 65.7 Å². The van der Waals surface area contributed by atoms with Gasteiger partial charge in [-0.25, -0.2) is 0 Å². The zero-order valence-electron chi connectivity index (χ0n) is 16.6. The largest absolute Gasteiger partial charge is 0.508 e. The number of rotatable bonds is 12. The third-order valence-electron chi connectivity index (χ3n) is 4.22. The molecular formula is C23H32O3S2. The van der Waals surface area contributed by atoms with Crippen LogP contribution in [-0.4, -0.2) is 27.7 Å². The van der Waals surface area contributed by atoms with E-state index in [0.29, 0.717) is 5.75 Å². The summed E-state index contributed by atoms with van der Waals surface area (Å²) >= 11 is 4.10. The average Bonchev–Trinajstić information content (AvgIpc) is 2.70. The van der Waals surface area contributed by atoms with E-state index in [2.05, 4.69) is 55.1 Å². The van der Waals surface area contributed by atoms with Crippen LogP contribution in [0.15, 0.2) is 54.6 Å². The van der Waals surface area contributed by atoms with E-state index in [4.69, 9.17) is 9.90 Å². The fraction of sp³-hybridized carbons (Fsp3) is 0.435. The lowest BCUT2D eigenvalue weighted by Crippen LogP contribution is -2.05. The molecular weight excluding hydrogens is 388 g/mol. The number of phenols is 1. The lowest BCUT2D eigenvalue weighted by atomic mass is 10.1. The molecule has 1 atom stereocenters. The first kappa shape index (κ1) is 24.4. The van der Waals surface area contributed by atoms with Gasteiger partial charge in [-0.1, -0.05) is 68.7 Å². The van der Waals surface area contributed by atoms with Crippen molar-refractivity contribution in [2.75, 3.05) is 5.75 Å². The number of thioether (sulfide) groups is 2. The second kappa shape index (κ2) is 16.4. The second-order valence-electron chi connectivity index (χ2n) is 6.53. The van der Waals surface area contributed by atoms with Gasteiger partial charge >= 0.3 is 0 Å². The Bertz CT molecular complexity index is 635. The molecule has 1 unspecified atom stereocenters. The molecule has 0 radical (unpaired) electrons. The Balaban J connectivity index is 0.00000122. The Morgan fingerprint density at radius 2 is 1.68 bits per heavy atom. The zero-order valence-corrected chi connectivity index (χ0v) is 18.3. The Morgan fingerprint density at radius 3 is 2.36 bits per heavy atom. The SMILES string of the molecule is CCCCCC(CCSCc1ccccc1)SCc1cccc(O)c1.O=CO. The smallest absolute Gasteiger partial charge is 0.290 e. The molecule has 2 aromatic rings. The van der Waals surface area contributed by atoms with Crippen LogP contribution < -0.4 is 0 Å². The van der Waals surface area contributed by atoms with Crippen molar-refractivity contribution in [3.63, 3.8) is 0 Å². The minimum atomic E-state index is -0.250. The zero-order chi connectivity index (χ0) is 20.5. The number of carboxylic acid groups (broad SMARTS) is 1. The van der Waals surface area contributed by atoms with Gasteiger partial charge in [0.1, 0.15) is 5.75 Å². The van der Waals surface area contributed by atoms with E-state index in [1.54, 1.807) is 6.07 Å². The molecule has 0 bridgehead atoms. The highest BCUT2D eigenvalue weighted by Crippen LogP contribution is 2.28. The number of unbranched alkanes of at least 4 members (excludes halogenated alkanes) is 2. The molecule has 0 saturated heterocycles. The molecule has 0 aliphatic carbocycles. The summed E-state index contributed by atoms with van der Waals surface area (Å²) in [6.45, 7) is 2.02. The van der Waals surface area contributed by atoms with Crippen LogP contribution >= 0.6 is 23.5 Å². The van der Waals surface area contributed by atoms with Crippen LogP contribution in [0, 0.1) is 0 Å². The monoisotopic (exact) mass is 420 g/mol. The van der Waals surface area contributed by atoms with Crippen molar-refractivity contribution < 1.29 is 15.0 Å². The van der Waals surface area contributed by atoms with Crippen molar-refractivity contribution in [2.45, 2.75) is 55.8 Å². The highest BCUT2D eigenvalue weighted by molar-refractivity contribution is 7.99. The molecule has 28 heavy (non-hydrogen) atoms. The van der Waals surface area contributed by atoms with Gasteiger partial charge in [-0.3, -0.25) is 4.79 Å². The number of benzene rings is 2. The first-order valence-electron chi connectivity index (χ1n) is 9.78. The summed E-state index contributed by atoms with van der Waals surface area (Å²) in [4.78, 5) is 8.36. The Hall–Kier alpha value is -1.59. The third-order valence-corrected chi connectivity index (χ3v) is 6.73. The quantitative estimate of drug-likeness (QED) is 0.299. The minimum absolute atomic E-state index is 0.250. The van der Waals surface area contributed by atoms with Crippen LogP contribution in [0.25, 0.3) is 0 Å². The summed E-state index contributed by atoms with van der Waals surface area (Å²) in [6, 6.07) is 18.4. The van der Waals surface area contributed by atoms with Gasteiger partial charge in [0.2, 0.25) is 0 Å². The topological polar surface area (TPSA) is 57.5 Å². The van der Waals surface area contributed by atoms with E-state index in [0.717, 1.165) is 16.8 Å². The molecule has 0 heterocycles. The molecule has 0 saturated carbocycles. The standard InChI is InChI=1S/C22H30OS2.CH2O2/c1-2-3-5-13-22(25-18-20-11-8-12-21(23)16-20)14-15-24-17-19-9-6-4-7-10-19;2-1-3/h4,6-12,16,22-23H,2-3,5,13-15,17-18H2,1H3;1H,(H,2,3). The molecule has 0 fully saturated rings. The Labute approximate surface area is 178 Å². The number of aromatic hydroxyl groups is 1. The first-order chi connectivity index (χ1) is 13.7. The molecule has 0 aliphatic rings. The summed E-state index contributed by atoms with van der Waals surface area (Å²) in [7, 11) is 0. The van der Waals surface area contributed by atoms with Gasteiger partial charge in [0, 0.05) is 16.8 Å². The Kier molecular flexibility index (Phi) is 14.3. The van der Waals surface area contributed by atoms with Gasteiger partial charge in [-0.2, -0.15) is 23.5 Å². The van der Waals surface area contributed by atoms with Gasteiger partial charge in [-0.15, -0.1) is 0 Å². The summed E-state index contributed by atoms with van der Waals surface area (Å²) in [5, 5.41) is 17.2. The lowest BCUT2D eigenvalue weighted by Gasteiger charge is -2.16. The van der Waals surface area contributed by atoms with Crippen molar-refractivity contribution in [2.24, 2.45) is 0 Å². The molecule has 3 nitrogen and oxygen atoms in total. The lowest BCUT2D eigenvalue weighted by molar-refractivity contribution is -0.122. The normalized spacial score (nSPS) is 11.3. The number of phenolic OH excluding ortho intramolecular Hbond substituents is 1. The van der Waals surface area contributed by atoms with Crippen LogP contribution in [0.3, 0.4) is 0 Å². The van der Waals surface area contributed by atoms with Crippen LogP contribution in [0.1, 0.15) is 50.2 Å². The summed E-state index contributed by atoms with van der Waals surface area (Å²) in [5.41, 5.74) is 2.64. The Morgan fingerprint density at radius 1 is 0.964 bits per heavy atom. The highest BCUT2D eigenvalue weighted by atomic mass is 32.2. The summed E-state index contributed by atoms with van der Waals surface area (Å²) in [5.74, 6) is 3.70. The molecule has 0 aromatic heterocycles. The molecule has 0 spiro atoms. The van der Waals surface area contributed by atoms with E-state index in [9.17, 15) is 5.11 Å². The van der Waals surface area contributed by atoms with Gasteiger partial charge in [-0.05, 0) is 41.9 Å². The van der Waals surface area contributed by atoms with Crippen molar-refractivity contribution >= 4 is 30.0 Å². The third kappa shape index (κ3) is 12.0. The number of carbonyl (C=O) groups is 1. The van der Waals surface area contributed by atoms with Crippen molar-refractivity contribution in [1.29, 1.82) is 0 Å². The fourth-order valence-corrected chi connectivity index (χ4v) is 5.17. The maximum atomic E-state index is 9.62. The summed E-state index contributed by atoms with van der Waals surface area (Å²) < 4.78 is 0. The molecule has 2 N–H and O–H groups in total. The second-order valence-corrected chi connectivity index (χ2v) is 8.92. The molecule has 0 aliphatic heterocycles. The van der Waals surface area contributed by atoms with E-state index in [1.807, 2.05) is 23.9 Å². The molecule has 0 amide bonds.